The van der Waals surface area contributed by atoms with Gasteiger partial charge in [0.25, 0.3) is 0 Å². The fourth-order valence-corrected chi connectivity index (χ4v) is 2.76. The second-order valence-electron chi connectivity index (χ2n) is 6.48. The Morgan fingerprint density at radius 1 is 1.30 bits per heavy atom. The molecule has 1 aliphatic rings. The van der Waals surface area contributed by atoms with Crippen molar-refractivity contribution in [1.29, 1.82) is 0 Å². The van der Waals surface area contributed by atoms with Gasteiger partial charge in [0.15, 0.2) is 0 Å². The lowest BCUT2D eigenvalue weighted by Gasteiger charge is -2.37. The largest absolute Gasteiger partial charge is 0.465 e. The van der Waals surface area contributed by atoms with Crippen LogP contribution in [-0.4, -0.2) is 50.7 Å². The number of halogens is 3. The Morgan fingerprint density at radius 2 is 1.87 bits per heavy atom. The average Bonchev–Trinajstić information content (AvgIpc) is 2.85. The zero-order valence-corrected chi connectivity index (χ0v) is 13.1. The molecule has 0 aromatic carbocycles. The number of anilines is 1. The molecule has 0 unspecified atom stereocenters. The van der Waals surface area contributed by atoms with E-state index in [0.29, 0.717) is 19.5 Å². The van der Waals surface area contributed by atoms with Crippen LogP contribution >= 0.6 is 0 Å². The van der Waals surface area contributed by atoms with Crippen molar-refractivity contribution in [2.45, 2.75) is 44.9 Å². The first-order valence-electron chi connectivity index (χ1n) is 7.16. The average molecular weight is 332 g/mol. The highest BCUT2D eigenvalue weighted by atomic mass is 19.4. The van der Waals surface area contributed by atoms with Crippen LogP contribution in [0.4, 0.5) is 23.9 Å². The Hall–Kier alpha value is -2.06. The second-order valence-corrected chi connectivity index (χ2v) is 6.48. The molecule has 2 rings (SSSR count). The highest BCUT2D eigenvalue weighted by Crippen LogP contribution is 2.30. The summed E-state index contributed by atoms with van der Waals surface area (Å²) in [6.07, 6.45) is -3.42. The van der Waals surface area contributed by atoms with Crippen LogP contribution in [0.5, 0.6) is 0 Å². The molecular formula is C14H19F3N4O2. The molecule has 23 heavy (non-hydrogen) atoms. The number of alkyl halides is 3. The van der Waals surface area contributed by atoms with Gasteiger partial charge in [-0.3, -0.25) is 4.90 Å². The van der Waals surface area contributed by atoms with Crippen molar-refractivity contribution in [1.82, 2.24) is 14.9 Å². The smallest absolute Gasteiger partial charge is 0.419 e. The molecule has 0 spiro atoms. The second kappa shape index (κ2) is 5.86. The topological polar surface area (TPSA) is 69.6 Å². The summed E-state index contributed by atoms with van der Waals surface area (Å²) in [5, 5.41) is 9.40. The van der Waals surface area contributed by atoms with Gasteiger partial charge in [-0.25, -0.2) is 14.8 Å². The Labute approximate surface area is 131 Å². The lowest BCUT2D eigenvalue weighted by molar-refractivity contribution is -0.138. The van der Waals surface area contributed by atoms with Crippen molar-refractivity contribution in [2.75, 3.05) is 18.0 Å². The van der Waals surface area contributed by atoms with Crippen molar-refractivity contribution in [2.24, 2.45) is 0 Å². The van der Waals surface area contributed by atoms with Crippen LogP contribution in [0.15, 0.2) is 12.4 Å². The number of hydrogen-bond donors (Lipinski definition) is 1. The van der Waals surface area contributed by atoms with Gasteiger partial charge in [-0.1, -0.05) is 0 Å². The Morgan fingerprint density at radius 3 is 2.30 bits per heavy atom. The summed E-state index contributed by atoms with van der Waals surface area (Å²) in [7, 11) is 0. The fourth-order valence-electron chi connectivity index (χ4n) is 2.76. The number of hydrogen-bond acceptors (Lipinski definition) is 4. The van der Waals surface area contributed by atoms with E-state index in [0.717, 1.165) is 12.4 Å². The highest BCUT2D eigenvalue weighted by Gasteiger charge is 2.38. The Balaban J connectivity index is 2.12. The quantitative estimate of drug-likeness (QED) is 0.902. The minimum Gasteiger partial charge on any atom is -0.465 e. The number of nitrogens with zero attached hydrogens (tertiary/aromatic N) is 4. The van der Waals surface area contributed by atoms with Crippen LogP contribution in [0.3, 0.4) is 0 Å². The van der Waals surface area contributed by atoms with Crippen molar-refractivity contribution in [3.63, 3.8) is 0 Å². The van der Waals surface area contributed by atoms with Crippen LogP contribution in [0.25, 0.3) is 0 Å². The van der Waals surface area contributed by atoms with Gasteiger partial charge in [-0.05, 0) is 27.2 Å². The van der Waals surface area contributed by atoms with Gasteiger partial charge in [0, 0.05) is 31.0 Å². The first kappa shape index (κ1) is 17.3. The molecule has 9 heteroatoms. The summed E-state index contributed by atoms with van der Waals surface area (Å²) in [6.45, 7) is 6.26. The normalized spacial score (nSPS) is 19.0. The standard InChI is InChI=1S/C14H19F3N4O2/c1-13(2,3)21(12(22)23)10-4-5-20(8-10)11-18-6-9(7-19-11)14(15,16)17/h6-7,10H,4-5,8H2,1-3H3,(H,22,23)/t10-/m1/s1. The van der Waals surface area contributed by atoms with Crippen LogP contribution < -0.4 is 4.90 Å². The Bertz CT molecular complexity index is 569. The third-order valence-corrected chi connectivity index (χ3v) is 3.71. The predicted molar refractivity (Wildman–Crippen MR) is 77.3 cm³/mol. The molecule has 6 nitrogen and oxygen atoms in total. The molecule has 1 atom stereocenters. The molecule has 1 aliphatic heterocycles. The van der Waals surface area contributed by atoms with Gasteiger partial charge < -0.3 is 10.0 Å². The molecule has 0 saturated carbocycles. The van der Waals surface area contributed by atoms with Crippen molar-refractivity contribution in [3.05, 3.63) is 18.0 Å². The molecule has 1 saturated heterocycles. The number of carbonyl (C=O) groups is 1. The number of aromatic nitrogens is 2. The summed E-state index contributed by atoms with van der Waals surface area (Å²) in [5.74, 6) is 0.180. The maximum absolute atomic E-state index is 12.5. The van der Waals surface area contributed by atoms with Crippen molar-refractivity contribution in [3.8, 4) is 0 Å². The summed E-state index contributed by atoms with van der Waals surface area (Å²) in [5.41, 5.74) is -1.47. The van der Waals surface area contributed by atoms with Gasteiger partial charge in [-0.15, -0.1) is 0 Å². The van der Waals surface area contributed by atoms with E-state index >= 15 is 0 Å². The van der Waals surface area contributed by atoms with E-state index in [1.807, 2.05) is 0 Å². The van der Waals surface area contributed by atoms with E-state index in [9.17, 15) is 23.1 Å². The fraction of sp³-hybridized carbons (Fsp3) is 0.643. The number of carboxylic acid groups (broad SMARTS) is 1. The third kappa shape index (κ3) is 3.83. The first-order valence-corrected chi connectivity index (χ1v) is 7.16. The number of rotatable bonds is 2. The zero-order valence-electron chi connectivity index (χ0n) is 13.1. The van der Waals surface area contributed by atoms with Gasteiger partial charge in [0.1, 0.15) is 0 Å². The maximum Gasteiger partial charge on any atom is 0.419 e. The van der Waals surface area contributed by atoms with Gasteiger partial charge >= 0.3 is 12.3 Å². The van der Waals surface area contributed by atoms with E-state index in [1.165, 1.54) is 4.90 Å². The predicted octanol–water partition coefficient (Wildman–Crippen LogP) is 2.85. The van der Waals surface area contributed by atoms with Gasteiger partial charge in [0.2, 0.25) is 5.95 Å². The summed E-state index contributed by atoms with van der Waals surface area (Å²) in [6, 6.07) is -0.251. The molecule has 1 aromatic rings. The van der Waals surface area contributed by atoms with Gasteiger partial charge in [-0.2, -0.15) is 13.2 Å². The van der Waals surface area contributed by atoms with Crippen molar-refractivity contribution >= 4 is 12.0 Å². The SMILES string of the molecule is CC(C)(C)N(C(=O)O)[C@@H]1CCN(c2ncc(C(F)(F)F)cn2)C1. The van der Waals surface area contributed by atoms with E-state index in [2.05, 4.69) is 9.97 Å². The molecule has 0 aliphatic carbocycles. The molecule has 1 fully saturated rings. The minimum absolute atomic E-state index is 0.180. The van der Waals surface area contributed by atoms with Crippen molar-refractivity contribution < 1.29 is 23.1 Å². The van der Waals surface area contributed by atoms with E-state index in [1.54, 1.807) is 25.7 Å². The zero-order chi connectivity index (χ0) is 17.4. The highest BCUT2D eigenvalue weighted by molar-refractivity contribution is 5.66. The Kier molecular flexibility index (Phi) is 4.41. The maximum atomic E-state index is 12.5. The third-order valence-electron chi connectivity index (χ3n) is 3.71. The van der Waals surface area contributed by atoms with E-state index < -0.39 is 23.4 Å². The van der Waals surface area contributed by atoms with Crippen LogP contribution in [0, 0.1) is 0 Å². The lowest BCUT2D eigenvalue weighted by Crippen LogP contribution is -2.52. The summed E-state index contributed by atoms with van der Waals surface area (Å²) >= 11 is 0. The minimum atomic E-state index is -4.47. The molecule has 0 bridgehead atoms. The lowest BCUT2D eigenvalue weighted by atomic mass is 10.0. The monoisotopic (exact) mass is 332 g/mol. The van der Waals surface area contributed by atoms with Crippen LogP contribution in [0.2, 0.25) is 0 Å². The molecular weight excluding hydrogens is 313 g/mol. The van der Waals surface area contributed by atoms with E-state index in [4.69, 9.17) is 0 Å². The number of amides is 1. The first-order chi connectivity index (χ1) is 10.5. The van der Waals surface area contributed by atoms with E-state index in [-0.39, 0.29) is 12.0 Å². The van der Waals surface area contributed by atoms with Gasteiger partial charge in [0.05, 0.1) is 11.6 Å². The molecule has 1 N–H and O–H groups in total. The molecule has 2 heterocycles. The molecule has 0 radical (unpaired) electrons. The summed E-state index contributed by atoms with van der Waals surface area (Å²) < 4.78 is 37.6. The van der Waals surface area contributed by atoms with Crippen LogP contribution in [0.1, 0.15) is 32.8 Å². The molecule has 128 valence electrons. The summed E-state index contributed by atoms with van der Waals surface area (Å²) in [4.78, 5) is 22.1. The van der Waals surface area contributed by atoms with Crippen LogP contribution in [-0.2, 0) is 6.18 Å². The molecule has 1 amide bonds. The molecule has 1 aromatic heterocycles.